The van der Waals surface area contributed by atoms with Gasteiger partial charge < -0.3 is 5.73 Å². The molecule has 4 nitrogen and oxygen atoms in total. The van der Waals surface area contributed by atoms with E-state index in [2.05, 4.69) is 23.9 Å². The largest absolute Gasteiger partial charge is 0.327 e. The third kappa shape index (κ3) is 2.37. The van der Waals surface area contributed by atoms with E-state index < -0.39 is 0 Å². The van der Waals surface area contributed by atoms with Crippen molar-refractivity contribution in [3.8, 4) is 0 Å². The molecule has 0 aromatic carbocycles. The molecule has 0 amide bonds. The number of aryl methyl sites for hydroxylation is 1. The smallest absolute Gasteiger partial charge is 0.138 e. The first-order valence-electron chi connectivity index (χ1n) is 5.84. The second kappa shape index (κ2) is 4.31. The molecule has 2 unspecified atom stereocenters. The Bertz CT molecular complexity index is 316. The predicted molar refractivity (Wildman–Crippen MR) is 59.3 cm³/mol. The molecule has 15 heavy (non-hydrogen) atoms. The van der Waals surface area contributed by atoms with Crippen LogP contribution >= 0.6 is 0 Å². The van der Waals surface area contributed by atoms with Crippen LogP contribution in [0.4, 0.5) is 0 Å². The van der Waals surface area contributed by atoms with Gasteiger partial charge in [-0.05, 0) is 31.6 Å². The van der Waals surface area contributed by atoms with Gasteiger partial charge in [0.25, 0.3) is 0 Å². The molecule has 0 bridgehead atoms. The summed E-state index contributed by atoms with van der Waals surface area (Å²) < 4.78 is 1.93. The van der Waals surface area contributed by atoms with Gasteiger partial charge in [0, 0.05) is 19.0 Å². The molecule has 1 aromatic rings. The van der Waals surface area contributed by atoms with Crippen molar-refractivity contribution in [2.24, 2.45) is 17.6 Å². The molecule has 1 aliphatic rings. The topological polar surface area (TPSA) is 56.7 Å². The Morgan fingerprint density at radius 1 is 1.60 bits per heavy atom. The van der Waals surface area contributed by atoms with Crippen molar-refractivity contribution in [2.45, 2.75) is 45.7 Å². The molecule has 2 rings (SSSR count). The van der Waals surface area contributed by atoms with Crippen LogP contribution in [-0.4, -0.2) is 20.8 Å². The highest BCUT2D eigenvalue weighted by molar-refractivity contribution is 4.93. The summed E-state index contributed by atoms with van der Waals surface area (Å²) in [6, 6.07) is 0.229. The van der Waals surface area contributed by atoms with E-state index in [1.54, 1.807) is 6.33 Å². The van der Waals surface area contributed by atoms with Crippen LogP contribution in [0.5, 0.6) is 0 Å². The lowest BCUT2D eigenvalue weighted by molar-refractivity contribution is 0.393. The van der Waals surface area contributed by atoms with E-state index in [1.807, 2.05) is 4.68 Å². The van der Waals surface area contributed by atoms with Crippen molar-refractivity contribution < 1.29 is 0 Å². The van der Waals surface area contributed by atoms with Gasteiger partial charge >= 0.3 is 0 Å². The van der Waals surface area contributed by atoms with E-state index in [1.165, 1.54) is 12.8 Å². The zero-order valence-electron chi connectivity index (χ0n) is 9.56. The van der Waals surface area contributed by atoms with E-state index in [0.717, 1.165) is 24.7 Å². The molecule has 0 radical (unpaired) electrons. The number of hydrogen-bond donors (Lipinski definition) is 1. The van der Waals surface area contributed by atoms with Crippen LogP contribution in [0.3, 0.4) is 0 Å². The van der Waals surface area contributed by atoms with Crippen LogP contribution in [0.15, 0.2) is 6.33 Å². The average molecular weight is 208 g/mol. The first-order valence-corrected chi connectivity index (χ1v) is 5.84. The van der Waals surface area contributed by atoms with Gasteiger partial charge in [-0.1, -0.05) is 6.92 Å². The van der Waals surface area contributed by atoms with Gasteiger partial charge in [-0.3, -0.25) is 4.68 Å². The quantitative estimate of drug-likeness (QED) is 0.791. The Balaban J connectivity index is 1.95. The van der Waals surface area contributed by atoms with Gasteiger partial charge in [0.05, 0.1) is 0 Å². The van der Waals surface area contributed by atoms with Crippen molar-refractivity contribution in [1.29, 1.82) is 0 Å². The SMILES string of the molecule is CCn1ncnc1CC(N)C(C)C1CC1. The van der Waals surface area contributed by atoms with Crippen LogP contribution < -0.4 is 5.73 Å². The number of nitrogens with two attached hydrogens (primary N) is 1. The van der Waals surface area contributed by atoms with Gasteiger partial charge in [-0.2, -0.15) is 5.10 Å². The fourth-order valence-electron chi connectivity index (χ4n) is 2.08. The Hall–Kier alpha value is -0.900. The standard InChI is InChI=1S/C11H20N4/c1-3-15-11(13-7-14-15)6-10(12)8(2)9-4-5-9/h7-10H,3-6,12H2,1-2H3. The molecule has 0 saturated heterocycles. The second-order valence-electron chi connectivity index (χ2n) is 4.56. The van der Waals surface area contributed by atoms with E-state index in [4.69, 9.17) is 5.73 Å². The minimum absolute atomic E-state index is 0.229. The zero-order chi connectivity index (χ0) is 10.8. The van der Waals surface area contributed by atoms with Crippen LogP contribution in [0, 0.1) is 11.8 Å². The lowest BCUT2D eigenvalue weighted by atomic mass is 9.95. The normalized spacial score (nSPS) is 20.2. The minimum atomic E-state index is 0.229. The molecule has 1 aliphatic carbocycles. The highest BCUT2D eigenvalue weighted by Crippen LogP contribution is 2.38. The van der Waals surface area contributed by atoms with Gasteiger partial charge in [0.1, 0.15) is 12.2 Å². The van der Waals surface area contributed by atoms with E-state index in [9.17, 15) is 0 Å². The Morgan fingerprint density at radius 3 is 2.93 bits per heavy atom. The van der Waals surface area contributed by atoms with Crippen molar-refractivity contribution in [3.05, 3.63) is 12.2 Å². The van der Waals surface area contributed by atoms with Crippen molar-refractivity contribution in [2.75, 3.05) is 0 Å². The third-order valence-corrected chi connectivity index (χ3v) is 3.45. The molecule has 2 atom stereocenters. The van der Waals surface area contributed by atoms with Gasteiger partial charge in [0.15, 0.2) is 0 Å². The van der Waals surface area contributed by atoms with Gasteiger partial charge in [-0.25, -0.2) is 4.98 Å². The van der Waals surface area contributed by atoms with E-state index in [-0.39, 0.29) is 6.04 Å². The first-order chi connectivity index (χ1) is 7.22. The van der Waals surface area contributed by atoms with Crippen LogP contribution in [0.2, 0.25) is 0 Å². The summed E-state index contributed by atoms with van der Waals surface area (Å²) in [7, 11) is 0. The highest BCUT2D eigenvalue weighted by atomic mass is 15.3. The van der Waals surface area contributed by atoms with Crippen molar-refractivity contribution in [1.82, 2.24) is 14.8 Å². The van der Waals surface area contributed by atoms with Crippen molar-refractivity contribution in [3.63, 3.8) is 0 Å². The molecule has 1 fully saturated rings. The molecule has 1 aromatic heterocycles. The summed E-state index contributed by atoms with van der Waals surface area (Å²) in [5, 5.41) is 4.16. The van der Waals surface area contributed by atoms with E-state index >= 15 is 0 Å². The fraction of sp³-hybridized carbons (Fsp3) is 0.818. The summed E-state index contributed by atoms with van der Waals surface area (Å²) in [4.78, 5) is 4.26. The monoisotopic (exact) mass is 208 g/mol. The summed E-state index contributed by atoms with van der Waals surface area (Å²) in [6.07, 6.45) is 5.18. The number of aromatic nitrogens is 3. The lowest BCUT2D eigenvalue weighted by Crippen LogP contribution is -2.33. The third-order valence-electron chi connectivity index (χ3n) is 3.45. The summed E-state index contributed by atoms with van der Waals surface area (Å²) in [5.41, 5.74) is 6.19. The molecular weight excluding hydrogens is 188 g/mol. The predicted octanol–water partition coefficient (Wildman–Crippen LogP) is 1.21. The van der Waals surface area contributed by atoms with Gasteiger partial charge in [-0.15, -0.1) is 0 Å². The number of hydrogen-bond acceptors (Lipinski definition) is 3. The molecule has 0 spiro atoms. The maximum atomic E-state index is 6.19. The maximum Gasteiger partial charge on any atom is 0.138 e. The Kier molecular flexibility index (Phi) is 3.05. The van der Waals surface area contributed by atoms with Gasteiger partial charge in [0.2, 0.25) is 0 Å². The zero-order valence-corrected chi connectivity index (χ0v) is 9.56. The molecular formula is C11H20N4. The van der Waals surface area contributed by atoms with Crippen LogP contribution in [0.25, 0.3) is 0 Å². The first kappa shape index (κ1) is 10.6. The van der Waals surface area contributed by atoms with Crippen LogP contribution in [-0.2, 0) is 13.0 Å². The van der Waals surface area contributed by atoms with Crippen LogP contribution in [0.1, 0.15) is 32.5 Å². The Morgan fingerprint density at radius 2 is 2.33 bits per heavy atom. The summed E-state index contributed by atoms with van der Waals surface area (Å²) in [6.45, 7) is 5.21. The number of nitrogens with zero attached hydrogens (tertiary/aromatic N) is 3. The van der Waals surface area contributed by atoms with E-state index in [0.29, 0.717) is 5.92 Å². The molecule has 0 aliphatic heterocycles. The molecule has 1 heterocycles. The lowest BCUT2D eigenvalue weighted by Gasteiger charge is -2.18. The maximum absolute atomic E-state index is 6.19. The Labute approximate surface area is 90.9 Å². The second-order valence-corrected chi connectivity index (χ2v) is 4.56. The molecule has 2 N–H and O–H groups in total. The fourth-order valence-corrected chi connectivity index (χ4v) is 2.08. The highest BCUT2D eigenvalue weighted by Gasteiger charge is 2.32. The molecule has 1 saturated carbocycles. The molecule has 4 heteroatoms. The molecule has 84 valence electrons. The van der Waals surface area contributed by atoms with Crippen molar-refractivity contribution >= 4 is 0 Å². The summed E-state index contributed by atoms with van der Waals surface area (Å²) in [5.74, 6) is 2.50. The number of rotatable bonds is 5. The minimum Gasteiger partial charge on any atom is -0.327 e. The average Bonchev–Trinajstić information content (AvgIpc) is 2.99. The summed E-state index contributed by atoms with van der Waals surface area (Å²) >= 11 is 0.